The topological polar surface area (TPSA) is 191 Å². The summed E-state index contributed by atoms with van der Waals surface area (Å²) >= 11 is 1.38. The van der Waals surface area contributed by atoms with E-state index in [1.165, 1.54) is 18.7 Å². The summed E-state index contributed by atoms with van der Waals surface area (Å²) in [6.07, 6.45) is -0.582. The number of aliphatic hydroxyl groups excluding tert-OH is 1. The van der Waals surface area contributed by atoms with E-state index in [0.29, 0.717) is 13.0 Å². The SMILES string of the molecule is C[C@@H](O)[C@@H](C(=O)O)[C@@H]1N=C(C(=O)O)C(S[C@@H]2CN[C@H](CNS(N)(=O)=O)C2)[C@@H]1C. The Hall–Kier alpha value is -1.25. The first-order valence-corrected chi connectivity index (χ1v) is 11.3. The Morgan fingerprint density at radius 1 is 1.43 bits per heavy atom. The van der Waals surface area contributed by atoms with Crippen LogP contribution < -0.4 is 15.2 Å². The molecule has 11 nitrogen and oxygen atoms in total. The van der Waals surface area contributed by atoms with Crippen molar-refractivity contribution in [2.24, 2.45) is 22.0 Å². The number of rotatable bonds is 9. The van der Waals surface area contributed by atoms with Crippen molar-refractivity contribution in [3.63, 3.8) is 0 Å². The van der Waals surface area contributed by atoms with Crippen LogP contribution in [0.1, 0.15) is 20.3 Å². The molecule has 13 heteroatoms. The minimum absolute atomic E-state index is 0.00198. The predicted octanol–water partition coefficient (Wildman–Crippen LogP) is -1.76. The van der Waals surface area contributed by atoms with Crippen LogP contribution in [-0.2, 0) is 19.8 Å². The first kappa shape index (κ1) is 23.0. The van der Waals surface area contributed by atoms with Gasteiger partial charge in [-0.1, -0.05) is 6.92 Å². The lowest BCUT2D eigenvalue weighted by Gasteiger charge is -2.27. The lowest BCUT2D eigenvalue weighted by atomic mass is 9.86. The highest BCUT2D eigenvalue weighted by Gasteiger charge is 2.47. The number of aliphatic carboxylic acids is 2. The summed E-state index contributed by atoms with van der Waals surface area (Å²) in [4.78, 5) is 27.3. The van der Waals surface area contributed by atoms with Crippen LogP contribution >= 0.6 is 11.8 Å². The standard InChI is InChI=1S/C15H26N4O7S2/c1-6-11(10(7(2)20)14(21)22)19-12(15(23)24)13(6)27-9-3-8(17-5-9)4-18-28(16,25)26/h6-11,13,17-18,20H,3-5H2,1-2H3,(H,21,22)(H,23,24)(H2,16,25,26)/t6-,7-,8+,9+,10-,11-,13?/m1/s1. The highest BCUT2D eigenvalue weighted by atomic mass is 32.2. The molecule has 0 aromatic carbocycles. The van der Waals surface area contributed by atoms with Gasteiger partial charge in [0, 0.05) is 24.4 Å². The molecule has 28 heavy (non-hydrogen) atoms. The summed E-state index contributed by atoms with van der Waals surface area (Å²) in [7, 11) is -3.79. The number of nitrogens with one attached hydrogen (secondary N) is 2. The predicted molar refractivity (Wildman–Crippen MR) is 104 cm³/mol. The number of aliphatic hydroxyl groups is 1. The lowest BCUT2D eigenvalue weighted by Crippen LogP contribution is -2.40. The Morgan fingerprint density at radius 2 is 2.07 bits per heavy atom. The number of carbonyl (C=O) groups is 2. The molecule has 2 rings (SSSR count). The Labute approximate surface area is 167 Å². The zero-order chi connectivity index (χ0) is 21.2. The fraction of sp³-hybridized carbons (Fsp3) is 0.800. The average Bonchev–Trinajstić information content (AvgIpc) is 3.11. The molecule has 1 saturated heterocycles. The van der Waals surface area contributed by atoms with Crippen molar-refractivity contribution < 1.29 is 33.3 Å². The zero-order valence-corrected chi connectivity index (χ0v) is 17.1. The Kier molecular flexibility index (Phi) is 7.44. The van der Waals surface area contributed by atoms with Crippen LogP contribution in [0.3, 0.4) is 0 Å². The summed E-state index contributed by atoms with van der Waals surface area (Å²) in [6, 6.07) is -0.979. The van der Waals surface area contributed by atoms with E-state index in [2.05, 4.69) is 15.0 Å². The number of carboxylic acid groups (broad SMARTS) is 2. The van der Waals surface area contributed by atoms with Gasteiger partial charge in [0.05, 0.1) is 17.4 Å². The van der Waals surface area contributed by atoms with Crippen LogP contribution in [-0.4, -0.2) is 83.2 Å². The van der Waals surface area contributed by atoms with Gasteiger partial charge in [0.25, 0.3) is 10.2 Å². The number of aliphatic imine (C=N–C) groups is 1. The van der Waals surface area contributed by atoms with Crippen LogP contribution in [0.15, 0.2) is 4.99 Å². The van der Waals surface area contributed by atoms with Gasteiger partial charge >= 0.3 is 11.9 Å². The van der Waals surface area contributed by atoms with E-state index >= 15 is 0 Å². The van der Waals surface area contributed by atoms with Crippen molar-refractivity contribution in [1.82, 2.24) is 10.0 Å². The largest absolute Gasteiger partial charge is 0.481 e. The van der Waals surface area contributed by atoms with Crippen LogP contribution in [0.4, 0.5) is 0 Å². The summed E-state index contributed by atoms with van der Waals surface area (Å²) in [5, 5.41) is 36.3. The quantitative estimate of drug-likeness (QED) is 0.242. The van der Waals surface area contributed by atoms with E-state index < -0.39 is 51.4 Å². The van der Waals surface area contributed by atoms with Crippen LogP contribution in [0.25, 0.3) is 0 Å². The molecule has 0 saturated carbocycles. The van der Waals surface area contributed by atoms with Crippen LogP contribution in [0.5, 0.6) is 0 Å². The van der Waals surface area contributed by atoms with E-state index in [0.717, 1.165) is 0 Å². The van der Waals surface area contributed by atoms with Gasteiger partial charge in [-0.15, -0.1) is 11.8 Å². The second-order valence-corrected chi connectivity index (χ2v) is 10.0. The van der Waals surface area contributed by atoms with E-state index in [-0.39, 0.29) is 23.5 Å². The van der Waals surface area contributed by atoms with Gasteiger partial charge < -0.3 is 20.6 Å². The van der Waals surface area contributed by atoms with Gasteiger partial charge in [0.1, 0.15) is 11.6 Å². The maximum absolute atomic E-state index is 11.7. The third kappa shape index (κ3) is 5.64. The molecule has 0 aliphatic carbocycles. The molecule has 7 atom stereocenters. The van der Waals surface area contributed by atoms with Crippen LogP contribution in [0.2, 0.25) is 0 Å². The van der Waals surface area contributed by atoms with Gasteiger partial charge in [0.2, 0.25) is 0 Å². The van der Waals surface area contributed by atoms with E-state index in [1.807, 2.05) is 0 Å². The third-order valence-electron chi connectivity index (χ3n) is 5.02. The Balaban J connectivity index is 2.07. The number of nitrogens with two attached hydrogens (primary N) is 1. The molecule has 160 valence electrons. The molecule has 0 spiro atoms. The molecule has 0 bridgehead atoms. The third-order valence-corrected chi connectivity index (χ3v) is 7.28. The van der Waals surface area contributed by atoms with Gasteiger partial charge in [-0.05, 0) is 19.3 Å². The maximum atomic E-state index is 11.7. The average molecular weight is 439 g/mol. The highest BCUT2D eigenvalue weighted by molar-refractivity contribution is 8.01. The van der Waals surface area contributed by atoms with Crippen molar-refractivity contribution >= 4 is 39.6 Å². The first-order valence-electron chi connectivity index (χ1n) is 8.78. The Morgan fingerprint density at radius 3 is 2.57 bits per heavy atom. The second kappa shape index (κ2) is 9.05. The van der Waals surface area contributed by atoms with Crippen molar-refractivity contribution in [3.8, 4) is 0 Å². The molecule has 2 aliphatic heterocycles. The van der Waals surface area contributed by atoms with E-state index in [4.69, 9.17) is 5.14 Å². The molecule has 2 heterocycles. The minimum atomic E-state index is -3.79. The number of hydrogen-bond donors (Lipinski definition) is 6. The Bertz CT molecular complexity index is 743. The number of thioether (sulfide) groups is 1. The molecule has 0 amide bonds. The number of carboxylic acids is 2. The van der Waals surface area contributed by atoms with Crippen molar-refractivity contribution in [1.29, 1.82) is 0 Å². The van der Waals surface area contributed by atoms with Crippen molar-refractivity contribution in [2.75, 3.05) is 13.1 Å². The van der Waals surface area contributed by atoms with Gasteiger partial charge in [-0.3, -0.25) is 9.79 Å². The molecule has 1 fully saturated rings. The monoisotopic (exact) mass is 438 g/mol. The summed E-state index contributed by atoms with van der Waals surface area (Å²) in [5.74, 6) is -4.01. The van der Waals surface area contributed by atoms with Crippen LogP contribution in [0, 0.1) is 11.8 Å². The first-order chi connectivity index (χ1) is 12.9. The summed E-state index contributed by atoms with van der Waals surface area (Å²) in [5.41, 5.74) is -0.0967. The van der Waals surface area contributed by atoms with Crippen molar-refractivity contribution in [3.05, 3.63) is 0 Å². The molecule has 7 N–H and O–H groups in total. The van der Waals surface area contributed by atoms with Crippen molar-refractivity contribution in [2.45, 2.75) is 49.0 Å². The van der Waals surface area contributed by atoms with Gasteiger partial charge in [-0.25, -0.2) is 14.7 Å². The molecule has 0 aromatic rings. The normalized spacial score (nSPS) is 32.7. The van der Waals surface area contributed by atoms with E-state index in [9.17, 15) is 33.3 Å². The molecular formula is C15H26N4O7S2. The fourth-order valence-electron chi connectivity index (χ4n) is 3.66. The maximum Gasteiger partial charge on any atom is 0.350 e. The highest BCUT2D eigenvalue weighted by Crippen LogP contribution is 2.39. The summed E-state index contributed by atoms with van der Waals surface area (Å²) in [6.45, 7) is 3.76. The molecule has 0 radical (unpaired) electrons. The molecule has 0 aromatic heterocycles. The fourth-order valence-corrected chi connectivity index (χ4v) is 5.74. The molecular weight excluding hydrogens is 412 g/mol. The number of nitrogens with zero attached hydrogens (tertiary/aromatic N) is 1. The zero-order valence-electron chi connectivity index (χ0n) is 15.5. The smallest absolute Gasteiger partial charge is 0.350 e. The van der Waals surface area contributed by atoms with Gasteiger partial charge in [-0.2, -0.15) is 8.42 Å². The minimum Gasteiger partial charge on any atom is -0.481 e. The van der Waals surface area contributed by atoms with Gasteiger partial charge in [0.15, 0.2) is 0 Å². The number of hydrogen-bond acceptors (Lipinski definition) is 8. The second-order valence-electron chi connectivity index (χ2n) is 7.19. The molecule has 1 unspecified atom stereocenters. The molecule has 2 aliphatic rings. The lowest BCUT2D eigenvalue weighted by molar-refractivity contribution is -0.146. The summed E-state index contributed by atoms with van der Waals surface area (Å²) < 4.78 is 24.2. The van der Waals surface area contributed by atoms with E-state index in [1.54, 1.807) is 6.92 Å².